The van der Waals surface area contributed by atoms with Gasteiger partial charge in [0.1, 0.15) is 11.6 Å². The zero-order chi connectivity index (χ0) is 22.1. The molecular weight excluding hydrogens is 412 g/mol. The number of imidazole rings is 1. The Labute approximate surface area is 185 Å². The summed E-state index contributed by atoms with van der Waals surface area (Å²) >= 11 is 0. The number of fused-ring (bicyclic) bond motifs is 1. The molecular formula is C22H24N6O4. The van der Waals surface area contributed by atoms with Crippen LogP contribution in [0.1, 0.15) is 12.7 Å². The number of hydrogen-bond acceptors (Lipinski definition) is 8. The molecule has 166 valence electrons. The van der Waals surface area contributed by atoms with Gasteiger partial charge in [-0.25, -0.2) is 4.98 Å². The van der Waals surface area contributed by atoms with Crippen LogP contribution >= 0.6 is 0 Å². The molecule has 4 heterocycles. The summed E-state index contributed by atoms with van der Waals surface area (Å²) in [5.41, 5.74) is 0. The molecule has 0 bridgehead atoms. The van der Waals surface area contributed by atoms with E-state index >= 15 is 0 Å². The molecule has 10 nitrogen and oxygen atoms in total. The van der Waals surface area contributed by atoms with Crippen LogP contribution in [0.5, 0.6) is 17.2 Å². The maximum absolute atomic E-state index is 12.9. The number of carbonyl (C=O) groups excluding carboxylic acids is 1. The number of carbonyl (C=O) groups is 1. The number of benzene rings is 1. The van der Waals surface area contributed by atoms with Gasteiger partial charge >= 0.3 is 0 Å². The maximum Gasteiger partial charge on any atom is 0.263 e. The molecule has 1 atom stereocenters. The van der Waals surface area contributed by atoms with Crippen molar-refractivity contribution >= 4 is 11.7 Å². The third kappa shape index (κ3) is 3.91. The minimum absolute atomic E-state index is 0.0423. The van der Waals surface area contributed by atoms with Crippen LogP contribution in [0.2, 0.25) is 0 Å². The Morgan fingerprint density at radius 1 is 1.03 bits per heavy atom. The zero-order valence-corrected chi connectivity index (χ0v) is 18.0. The van der Waals surface area contributed by atoms with Gasteiger partial charge in [0.2, 0.25) is 6.79 Å². The summed E-state index contributed by atoms with van der Waals surface area (Å²) in [5.74, 6) is 4.23. The number of rotatable bonds is 5. The van der Waals surface area contributed by atoms with Crippen molar-refractivity contribution in [1.82, 2.24) is 24.6 Å². The fourth-order valence-electron chi connectivity index (χ4n) is 3.85. The van der Waals surface area contributed by atoms with Crippen LogP contribution in [0.15, 0.2) is 42.7 Å². The van der Waals surface area contributed by atoms with Gasteiger partial charge in [0, 0.05) is 44.6 Å². The van der Waals surface area contributed by atoms with Crippen LogP contribution < -0.4 is 19.1 Å². The summed E-state index contributed by atoms with van der Waals surface area (Å²) in [5, 5.41) is 8.69. The monoisotopic (exact) mass is 436 g/mol. The molecule has 2 aliphatic heterocycles. The van der Waals surface area contributed by atoms with Crippen LogP contribution in [0.4, 0.5) is 5.82 Å². The Hall–Kier alpha value is -3.82. The number of amides is 1. The quantitative estimate of drug-likeness (QED) is 0.598. The molecule has 1 fully saturated rings. The molecule has 1 amide bonds. The highest BCUT2D eigenvalue weighted by atomic mass is 16.7. The minimum Gasteiger partial charge on any atom is -0.481 e. The molecule has 2 aliphatic rings. The van der Waals surface area contributed by atoms with E-state index in [4.69, 9.17) is 14.2 Å². The average molecular weight is 436 g/mol. The van der Waals surface area contributed by atoms with Crippen molar-refractivity contribution in [2.45, 2.75) is 20.0 Å². The summed E-state index contributed by atoms with van der Waals surface area (Å²) in [7, 11) is 0. The molecule has 5 rings (SSSR count). The van der Waals surface area contributed by atoms with Gasteiger partial charge in [-0.05, 0) is 38.1 Å². The zero-order valence-electron chi connectivity index (χ0n) is 18.0. The minimum atomic E-state index is -0.598. The molecule has 0 aliphatic carbocycles. The highest BCUT2D eigenvalue weighted by Crippen LogP contribution is 2.35. The molecule has 3 aromatic rings. The standard InChI is InChI=1S/C22H24N6O4/c1-15(32-17-3-4-18-19(13-17)31-14-30-18)22(29)27-11-9-26(10-12-27)20-5-6-21(25-24-20)28-8-7-23-16(28)2/h3-8,13,15H,9-12,14H2,1-2H3. The van der Waals surface area contributed by atoms with Crippen LogP contribution in [-0.2, 0) is 4.79 Å². The molecule has 1 aromatic carbocycles. The summed E-state index contributed by atoms with van der Waals surface area (Å²) < 4.78 is 18.4. The lowest BCUT2D eigenvalue weighted by molar-refractivity contribution is -0.138. The smallest absolute Gasteiger partial charge is 0.263 e. The van der Waals surface area contributed by atoms with Crippen LogP contribution in [0.3, 0.4) is 0 Å². The number of piperazine rings is 1. The fourth-order valence-corrected chi connectivity index (χ4v) is 3.85. The van der Waals surface area contributed by atoms with E-state index in [1.165, 1.54) is 0 Å². The van der Waals surface area contributed by atoms with Crippen molar-refractivity contribution in [2.24, 2.45) is 0 Å². The molecule has 32 heavy (non-hydrogen) atoms. The van der Waals surface area contributed by atoms with E-state index in [1.54, 1.807) is 31.3 Å². The number of ether oxygens (including phenoxy) is 3. The van der Waals surface area contributed by atoms with Crippen molar-refractivity contribution in [1.29, 1.82) is 0 Å². The van der Waals surface area contributed by atoms with Crippen molar-refractivity contribution in [3.8, 4) is 23.1 Å². The van der Waals surface area contributed by atoms with Crippen LogP contribution in [-0.4, -0.2) is 69.6 Å². The first kappa shape index (κ1) is 20.1. The first-order chi connectivity index (χ1) is 15.6. The van der Waals surface area contributed by atoms with Gasteiger partial charge in [-0.1, -0.05) is 0 Å². The fraction of sp³-hybridized carbons (Fsp3) is 0.364. The Morgan fingerprint density at radius 3 is 2.50 bits per heavy atom. The van der Waals surface area contributed by atoms with Crippen LogP contribution in [0, 0.1) is 6.92 Å². The second kappa shape index (κ2) is 8.37. The summed E-state index contributed by atoms with van der Waals surface area (Å²) in [6.07, 6.45) is 2.99. The lowest BCUT2D eigenvalue weighted by Crippen LogP contribution is -2.52. The summed E-state index contributed by atoms with van der Waals surface area (Å²) in [6.45, 7) is 6.44. The second-order valence-corrected chi connectivity index (χ2v) is 7.68. The SMILES string of the molecule is Cc1nccn1-c1ccc(N2CCN(C(=O)C(C)Oc3ccc4c(c3)OCO4)CC2)nn1. The topological polar surface area (TPSA) is 94.8 Å². The van der Waals surface area contributed by atoms with Crippen molar-refractivity contribution < 1.29 is 19.0 Å². The third-order valence-corrected chi connectivity index (χ3v) is 5.63. The predicted molar refractivity (Wildman–Crippen MR) is 115 cm³/mol. The van der Waals surface area contributed by atoms with E-state index in [-0.39, 0.29) is 12.7 Å². The van der Waals surface area contributed by atoms with E-state index in [9.17, 15) is 4.79 Å². The number of anilines is 1. The molecule has 2 aromatic heterocycles. The van der Waals surface area contributed by atoms with Gasteiger partial charge in [-0.3, -0.25) is 9.36 Å². The van der Waals surface area contributed by atoms with E-state index in [2.05, 4.69) is 20.1 Å². The lowest BCUT2D eigenvalue weighted by atomic mass is 10.2. The Morgan fingerprint density at radius 2 is 1.78 bits per heavy atom. The van der Waals surface area contributed by atoms with Gasteiger partial charge in [0.05, 0.1) is 0 Å². The highest BCUT2D eigenvalue weighted by molar-refractivity contribution is 5.81. The second-order valence-electron chi connectivity index (χ2n) is 7.68. The average Bonchev–Trinajstić information content (AvgIpc) is 3.47. The molecule has 0 radical (unpaired) electrons. The number of aryl methyl sites for hydroxylation is 1. The number of hydrogen-bond donors (Lipinski definition) is 0. The van der Waals surface area contributed by atoms with Gasteiger partial charge < -0.3 is 24.0 Å². The molecule has 10 heteroatoms. The van der Waals surface area contributed by atoms with Crippen molar-refractivity contribution in [3.63, 3.8) is 0 Å². The molecule has 0 N–H and O–H groups in total. The molecule has 1 unspecified atom stereocenters. The molecule has 0 saturated carbocycles. The maximum atomic E-state index is 12.9. The van der Waals surface area contributed by atoms with E-state index < -0.39 is 6.10 Å². The first-order valence-electron chi connectivity index (χ1n) is 10.5. The molecule has 1 saturated heterocycles. The van der Waals surface area contributed by atoms with E-state index in [0.29, 0.717) is 43.4 Å². The summed E-state index contributed by atoms with van der Waals surface area (Å²) in [4.78, 5) is 21.0. The van der Waals surface area contributed by atoms with Gasteiger partial charge in [-0.2, -0.15) is 0 Å². The highest BCUT2D eigenvalue weighted by Gasteiger charge is 2.27. The normalized spacial score (nSPS) is 16.2. The first-order valence-corrected chi connectivity index (χ1v) is 10.5. The van der Waals surface area contributed by atoms with Gasteiger partial charge in [0.15, 0.2) is 29.2 Å². The van der Waals surface area contributed by atoms with E-state index in [0.717, 1.165) is 17.5 Å². The van der Waals surface area contributed by atoms with Gasteiger partial charge in [-0.15, -0.1) is 10.2 Å². The number of aromatic nitrogens is 4. The predicted octanol–water partition coefficient (Wildman–Crippen LogP) is 1.82. The molecule has 0 spiro atoms. The summed E-state index contributed by atoms with van der Waals surface area (Å²) in [6, 6.07) is 9.19. The Bertz CT molecular complexity index is 1110. The Kier molecular flexibility index (Phi) is 5.26. The van der Waals surface area contributed by atoms with Crippen LogP contribution in [0.25, 0.3) is 5.82 Å². The third-order valence-electron chi connectivity index (χ3n) is 5.63. The number of nitrogens with zero attached hydrogens (tertiary/aromatic N) is 6. The van der Waals surface area contributed by atoms with Crippen molar-refractivity contribution in [3.05, 3.63) is 48.5 Å². The van der Waals surface area contributed by atoms with Gasteiger partial charge in [0.25, 0.3) is 5.91 Å². The largest absolute Gasteiger partial charge is 0.481 e. The van der Waals surface area contributed by atoms with Crippen molar-refractivity contribution in [2.75, 3.05) is 37.9 Å². The van der Waals surface area contributed by atoms with E-state index in [1.807, 2.05) is 34.7 Å². The lowest BCUT2D eigenvalue weighted by Gasteiger charge is -2.36. The Balaban J connectivity index is 1.16.